The molecule has 0 aliphatic rings. The number of ether oxygens (including phenoxy) is 1. The Morgan fingerprint density at radius 1 is 0.463 bits per heavy atom. The van der Waals surface area contributed by atoms with E-state index in [1.165, 1.54) is 48.8 Å². The van der Waals surface area contributed by atoms with E-state index in [2.05, 4.69) is 158 Å². The maximum Gasteiger partial charge on any atom is 0.128 e. The molecule has 7 rings (SSSR count). The van der Waals surface area contributed by atoms with Gasteiger partial charge >= 0.3 is 0 Å². The molecule has 7 aromatic carbocycles. The third kappa shape index (κ3) is 5.38. The van der Waals surface area contributed by atoms with Crippen LogP contribution in [-0.2, 0) is 6.61 Å². The first-order valence-corrected chi connectivity index (χ1v) is 15.0. The van der Waals surface area contributed by atoms with Gasteiger partial charge in [-0.1, -0.05) is 154 Å². The quantitative estimate of drug-likeness (QED) is 0.182. The van der Waals surface area contributed by atoms with Crippen LogP contribution in [0.1, 0.15) is 5.56 Å². The van der Waals surface area contributed by atoms with Gasteiger partial charge in [-0.25, -0.2) is 0 Å². The fraction of sp³-hybridized carbons (Fsp3) is 0.0256. The Bertz CT molecular complexity index is 1960. The fourth-order valence-corrected chi connectivity index (χ4v) is 6.54. The lowest BCUT2D eigenvalue weighted by molar-refractivity contribution is 0.308. The van der Waals surface area contributed by atoms with Gasteiger partial charge in [0.1, 0.15) is 12.4 Å². The van der Waals surface area contributed by atoms with Crippen LogP contribution in [0.3, 0.4) is 0 Å². The summed E-state index contributed by atoms with van der Waals surface area (Å²) in [6.45, 7) is 0.507. The van der Waals surface area contributed by atoms with Gasteiger partial charge in [0.25, 0.3) is 0 Å². The van der Waals surface area contributed by atoms with E-state index in [9.17, 15) is 0 Å². The van der Waals surface area contributed by atoms with Crippen molar-refractivity contribution in [3.05, 3.63) is 163 Å². The first kappa shape index (κ1) is 25.3. The molecule has 1 unspecified atom stereocenters. The predicted molar refractivity (Wildman–Crippen MR) is 177 cm³/mol. The SMILES string of the molecule is c1ccc(Pc2ccc(-c3ccccc3-c3c(OCc4ccc5ccccc5c4)ccc4ccccc34)cc2)cc1. The van der Waals surface area contributed by atoms with Crippen LogP contribution in [0, 0.1) is 0 Å². The Hall–Kier alpha value is -4.71. The van der Waals surface area contributed by atoms with Crippen molar-refractivity contribution in [2.75, 3.05) is 0 Å². The molecule has 0 aliphatic heterocycles. The third-order valence-corrected chi connectivity index (χ3v) is 8.80. The molecule has 0 amide bonds. The second-order valence-corrected chi connectivity index (χ2v) is 11.6. The zero-order valence-electron chi connectivity index (χ0n) is 22.6. The largest absolute Gasteiger partial charge is 0.488 e. The first-order chi connectivity index (χ1) is 20.3. The summed E-state index contributed by atoms with van der Waals surface area (Å²) in [6.07, 6.45) is 0. The van der Waals surface area contributed by atoms with Crippen molar-refractivity contribution in [3.63, 3.8) is 0 Å². The smallest absolute Gasteiger partial charge is 0.128 e. The summed E-state index contributed by atoms with van der Waals surface area (Å²) in [5.74, 6) is 0.895. The predicted octanol–water partition coefficient (Wildman–Crippen LogP) is 9.54. The van der Waals surface area contributed by atoms with Gasteiger partial charge in [0.2, 0.25) is 0 Å². The van der Waals surface area contributed by atoms with E-state index < -0.39 is 0 Å². The molecule has 0 saturated carbocycles. The summed E-state index contributed by atoms with van der Waals surface area (Å²) in [5.41, 5.74) is 5.88. The van der Waals surface area contributed by atoms with Crippen LogP contribution in [0.4, 0.5) is 0 Å². The lowest BCUT2D eigenvalue weighted by Gasteiger charge is -2.18. The Balaban J connectivity index is 1.27. The summed E-state index contributed by atoms with van der Waals surface area (Å²) in [5, 5.41) is 7.56. The van der Waals surface area contributed by atoms with Crippen LogP contribution in [0.2, 0.25) is 0 Å². The van der Waals surface area contributed by atoms with E-state index in [4.69, 9.17) is 4.74 Å². The average Bonchev–Trinajstić information content (AvgIpc) is 3.04. The highest BCUT2D eigenvalue weighted by Gasteiger charge is 2.16. The summed E-state index contributed by atoms with van der Waals surface area (Å²) in [6, 6.07) is 56.3. The highest BCUT2D eigenvalue weighted by Crippen LogP contribution is 2.42. The molecule has 0 N–H and O–H groups in total. The highest BCUT2D eigenvalue weighted by atomic mass is 31.1. The Kier molecular flexibility index (Phi) is 7.04. The standard InChI is InChI=1S/C39H29OP/c1-2-13-33(14-3-1)41-34-23-20-31(21-24-34)35-15-8-9-17-37(35)39-36-16-7-6-11-30(36)22-25-38(39)40-27-28-18-19-29-10-4-5-12-32(29)26-28/h1-26,41H,27H2. The minimum absolute atomic E-state index is 0.507. The highest BCUT2D eigenvalue weighted by molar-refractivity contribution is 7.55. The van der Waals surface area contributed by atoms with Gasteiger partial charge in [-0.2, -0.15) is 0 Å². The van der Waals surface area contributed by atoms with Crippen molar-refractivity contribution in [2.24, 2.45) is 0 Å². The minimum atomic E-state index is 0.507. The van der Waals surface area contributed by atoms with E-state index in [0.717, 1.165) is 16.9 Å². The maximum absolute atomic E-state index is 6.61. The monoisotopic (exact) mass is 544 g/mol. The summed E-state index contributed by atoms with van der Waals surface area (Å²) < 4.78 is 6.61. The van der Waals surface area contributed by atoms with Gasteiger partial charge in [-0.15, -0.1) is 0 Å². The summed E-state index contributed by atoms with van der Waals surface area (Å²) in [4.78, 5) is 0. The molecule has 0 fully saturated rings. The van der Waals surface area contributed by atoms with E-state index in [0.29, 0.717) is 15.2 Å². The Morgan fingerprint density at radius 2 is 1.10 bits per heavy atom. The summed E-state index contributed by atoms with van der Waals surface area (Å²) in [7, 11) is 0.645. The lowest BCUT2D eigenvalue weighted by atomic mass is 9.91. The topological polar surface area (TPSA) is 9.23 Å². The molecule has 0 radical (unpaired) electrons. The molecule has 0 aliphatic carbocycles. The maximum atomic E-state index is 6.61. The van der Waals surface area contributed by atoms with E-state index in [1.807, 2.05) is 0 Å². The lowest BCUT2D eigenvalue weighted by Crippen LogP contribution is -2.02. The van der Waals surface area contributed by atoms with Crippen molar-refractivity contribution < 1.29 is 4.74 Å². The van der Waals surface area contributed by atoms with Gasteiger partial charge in [0, 0.05) is 5.56 Å². The van der Waals surface area contributed by atoms with Crippen molar-refractivity contribution in [2.45, 2.75) is 6.61 Å². The molecule has 196 valence electrons. The molecular formula is C39H29OP. The molecule has 0 saturated heterocycles. The van der Waals surface area contributed by atoms with Gasteiger partial charge in [0.05, 0.1) is 0 Å². The van der Waals surface area contributed by atoms with Gasteiger partial charge in [-0.05, 0) is 66.5 Å². The van der Waals surface area contributed by atoms with Crippen LogP contribution in [0.25, 0.3) is 43.8 Å². The van der Waals surface area contributed by atoms with E-state index in [1.54, 1.807) is 0 Å². The molecule has 1 atom stereocenters. The van der Waals surface area contributed by atoms with Crippen LogP contribution < -0.4 is 15.3 Å². The van der Waals surface area contributed by atoms with Crippen LogP contribution in [0.5, 0.6) is 5.75 Å². The molecule has 0 spiro atoms. The molecule has 2 heteroatoms. The van der Waals surface area contributed by atoms with Crippen LogP contribution in [-0.4, -0.2) is 0 Å². The second kappa shape index (κ2) is 11.4. The molecule has 0 bridgehead atoms. The van der Waals surface area contributed by atoms with Crippen molar-refractivity contribution in [1.82, 2.24) is 0 Å². The zero-order valence-corrected chi connectivity index (χ0v) is 23.6. The van der Waals surface area contributed by atoms with E-state index >= 15 is 0 Å². The number of fused-ring (bicyclic) bond motifs is 2. The van der Waals surface area contributed by atoms with Crippen molar-refractivity contribution >= 4 is 40.7 Å². The van der Waals surface area contributed by atoms with Gasteiger partial charge in [-0.3, -0.25) is 0 Å². The van der Waals surface area contributed by atoms with Crippen LogP contribution in [0.15, 0.2) is 158 Å². The molecule has 41 heavy (non-hydrogen) atoms. The molecule has 0 aromatic heterocycles. The Labute approximate surface area is 242 Å². The van der Waals surface area contributed by atoms with E-state index in [-0.39, 0.29) is 0 Å². The first-order valence-electron chi connectivity index (χ1n) is 14.0. The average molecular weight is 545 g/mol. The number of hydrogen-bond acceptors (Lipinski definition) is 1. The molecule has 1 nitrogen and oxygen atoms in total. The number of rotatable bonds is 7. The second-order valence-electron chi connectivity index (χ2n) is 10.2. The number of benzene rings is 7. The normalized spacial score (nSPS) is 11.4. The van der Waals surface area contributed by atoms with Gasteiger partial charge in [0.15, 0.2) is 0 Å². The molecular weight excluding hydrogens is 515 g/mol. The molecule has 7 aromatic rings. The Morgan fingerprint density at radius 3 is 1.93 bits per heavy atom. The fourth-order valence-electron chi connectivity index (χ4n) is 5.51. The van der Waals surface area contributed by atoms with Gasteiger partial charge < -0.3 is 4.74 Å². The summed E-state index contributed by atoms with van der Waals surface area (Å²) >= 11 is 0. The van der Waals surface area contributed by atoms with Crippen molar-refractivity contribution in [1.29, 1.82) is 0 Å². The minimum Gasteiger partial charge on any atom is -0.488 e. The molecule has 0 heterocycles. The number of hydrogen-bond donors (Lipinski definition) is 0. The zero-order chi connectivity index (χ0) is 27.4. The van der Waals surface area contributed by atoms with Crippen molar-refractivity contribution in [3.8, 4) is 28.0 Å². The van der Waals surface area contributed by atoms with Crippen LogP contribution >= 0.6 is 8.58 Å². The third-order valence-electron chi connectivity index (χ3n) is 7.55.